The second kappa shape index (κ2) is 14.4. The third kappa shape index (κ3) is 10.2. The van der Waals surface area contributed by atoms with Gasteiger partial charge in [0.15, 0.2) is 6.79 Å². The van der Waals surface area contributed by atoms with Crippen molar-refractivity contribution < 1.29 is 27.5 Å². The Hall–Kier alpha value is -1.76. The summed E-state index contributed by atoms with van der Waals surface area (Å²) in [6.07, 6.45) is 1.20. The lowest BCUT2D eigenvalue weighted by Gasteiger charge is -2.23. The summed E-state index contributed by atoms with van der Waals surface area (Å²) in [4.78, 5) is 1.99. The molecular weight excluding hydrogens is 432 g/mol. The van der Waals surface area contributed by atoms with E-state index in [9.17, 15) is 4.20 Å². The smallest absolute Gasteiger partial charge is 0.377 e. The molecule has 2 aromatic rings. The molecule has 0 spiro atoms. The molecule has 0 aliphatic rings. The number of halogens is 1. The molecule has 0 fully saturated rings. The lowest BCUT2D eigenvalue weighted by Crippen LogP contribution is -2.34. The summed E-state index contributed by atoms with van der Waals surface area (Å²) in [6, 6.07) is 16.1. The second-order valence-corrected chi connectivity index (χ2v) is 8.83. The molecule has 0 saturated heterocycles. The van der Waals surface area contributed by atoms with Crippen molar-refractivity contribution in [3.05, 3.63) is 59.7 Å². The number of likely N-dealkylation sites (N-methyl/N-ethyl adjacent to an activating group) is 1. The fourth-order valence-electron chi connectivity index (χ4n) is 3.07. The number of rotatable bonds is 15. The highest BCUT2D eigenvalue weighted by Gasteiger charge is 2.16. The SMILES string of the molecule is COc1cccc(CCc2ccccc2OC[C@@H](CN(C)C)OCO[P@@](F)OC(C)C)c1. The van der Waals surface area contributed by atoms with Gasteiger partial charge in [0.1, 0.15) is 24.2 Å². The number of methoxy groups -OCH3 is 1. The molecule has 2 rings (SSSR count). The van der Waals surface area contributed by atoms with E-state index in [0.29, 0.717) is 13.2 Å². The first-order chi connectivity index (χ1) is 15.4. The Morgan fingerprint density at radius 2 is 1.81 bits per heavy atom. The maximum Gasteiger partial charge on any atom is 0.377 e. The van der Waals surface area contributed by atoms with E-state index in [1.54, 1.807) is 21.0 Å². The largest absolute Gasteiger partial charge is 0.497 e. The lowest BCUT2D eigenvalue weighted by atomic mass is 10.0. The Morgan fingerprint density at radius 3 is 2.53 bits per heavy atom. The summed E-state index contributed by atoms with van der Waals surface area (Å²) >= 11 is 0. The molecule has 32 heavy (non-hydrogen) atoms. The minimum absolute atomic E-state index is 0.186. The van der Waals surface area contributed by atoms with Crippen LogP contribution in [0, 0.1) is 0 Å². The molecule has 178 valence electrons. The van der Waals surface area contributed by atoms with Crippen molar-refractivity contribution in [3.8, 4) is 11.5 Å². The van der Waals surface area contributed by atoms with Crippen LogP contribution in [0.5, 0.6) is 11.5 Å². The Labute approximate surface area is 192 Å². The molecule has 0 heterocycles. The number of ether oxygens (including phenoxy) is 3. The minimum atomic E-state index is -2.45. The van der Waals surface area contributed by atoms with E-state index in [-0.39, 0.29) is 19.0 Å². The Bertz CT molecular complexity index is 792. The molecule has 2 aromatic carbocycles. The molecule has 0 N–H and O–H groups in total. The molecule has 6 nitrogen and oxygen atoms in total. The first-order valence-corrected chi connectivity index (χ1v) is 11.8. The van der Waals surface area contributed by atoms with Gasteiger partial charge in [0, 0.05) is 6.54 Å². The number of benzene rings is 2. The quantitative estimate of drug-likeness (QED) is 0.258. The highest BCUT2D eigenvalue weighted by Crippen LogP contribution is 2.41. The van der Waals surface area contributed by atoms with Crippen molar-refractivity contribution in [3.63, 3.8) is 0 Å². The van der Waals surface area contributed by atoms with E-state index < -0.39 is 8.69 Å². The maximum absolute atomic E-state index is 13.6. The van der Waals surface area contributed by atoms with E-state index >= 15 is 0 Å². The van der Waals surface area contributed by atoms with Crippen molar-refractivity contribution in [2.24, 2.45) is 0 Å². The van der Waals surface area contributed by atoms with E-state index in [1.165, 1.54) is 5.56 Å². The van der Waals surface area contributed by atoms with Gasteiger partial charge in [-0.15, -0.1) is 0 Å². The van der Waals surface area contributed by atoms with Crippen molar-refractivity contribution in [2.45, 2.75) is 38.9 Å². The summed E-state index contributed by atoms with van der Waals surface area (Å²) < 4.78 is 40.8. The summed E-state index contributed by atoms with van der Waals surface area (Å²) in [5, 5.41) is 0. The molecule has 0 aromatic heterocycles. The van der Waals surface area contributed by atoms with Crippen LogP contribution in [0.2, 0.25) is 0 Å². The summed E-state index contributed by atoms with van der Waals surface area (Å²) in [7, 11) is 3.12. The van der Waals surface area contributed by atoms with Crippen LogP contribution in [0.1, 0.15) is 25.0 Å². The van der Waals surface area contributed by atoms with E-state index in [4.69, 9.17) is 23.3 Å². The molecule has 2 atom stereocenters. The predicted octanol–water partition coefficient (Wildman–Crippen LogP) is 5.40. The normalized spacial score (nSPS) is 13.4. The summed E-state index contributed by atoms with van der Waals surface area (Å²) in [6.45, 7) is 4.27. The third-order valence-corrected chi connectivity index (χ3v) is 5.43. The number of nitrogens with zero attached hydrogens (tertiary/aromatic N) is 1. The van der Waals surface area contributed by atoms with Gasteiger partial charge in [-0.2, -0.15) is 4.20 Å². The van der Waals surface area contributed by atoms with Crippen LogP contribution < -0.4 is 9.47 Å². The fourth-order valence-corrected chi connectivity index (χ4v) is 3.60. The van der Waals surface area contributed by atoms with Gasteiger partial charge in [0.25, 0.3) is 0 Å². The third-order valence-electron chi connectivity index (χ3n) is 4.53. The molecule has 0 unspecified atom stereocenters. The van der Waals surface area contributed by atoms with Crippen molar-refractivity contribution >= 4 is 8.69 Å². The lowest BCUT2D eigenvalue weighted by molar-refractivity contribution is -0.0645. The summed E-state index contributed by atoms with van der Waals surface area (Å²) in [5.74, 6) is 1.67. The first kappa shape index (κ1) is 26.5. The van der Waals surface area contributed by atoms with Gasteiger partial charge in [-0.05, 0) is 70.1 Å². The Kier molecular flexibility index (Phi) is 11.9. The average molecular weight is 468 g/mol. The molecule has 0 radical (unpaired) electrons. The predicted molar refractivity (Wildman–Crippen MR) is 126 cm³/mol. The minimum Gasteiger partial charge on any atom is -0.497 e. The number of hydrogen-bond acceptors (Lipinski definition) is 6. The zero-order valence-electron chi connectivity index (χ0n) is 19.6. The van der Waals surface area contributed by atoms with Gasteiger partial charge in [-0.1, -0.05) is 30.3 Å². The number of hydrogen-bond donors (Lipinski definition) is 0. The van der Waals surface area contributed by atoms with E-state index in [1.807, 2.05) is 55.4 Å². The van der Waals surface area contributed by atoms with Crippen LogP contribution in [0.4, 0.5) is 4.20 Å². The van der Waals surface area contributed by atoms with Gasteiger partial charge in [0.05, 0.1) is 13.2 Å². The van der Waals surface area contributed by atoms with Crippen LogP contribution in [-0.2, 0) is 26.6 Å². The van der Waals surface area contributed by atoms with Gasteiger partial charge < -0.3 is 23.6 Å². The van der Waals surface area contributed by atoms with E-state index in [2.05, 4.69) is 12.1 Å². The van der Waals surface area contributed by atoms with Crippen molar-refractivity contribution in [1.82, 2.24) is 4.90 Å². The van der Waals surface area contributed by atoms with Crippen LogP contribution >= 0.6 is 8.69 Å². The first-order valence-electron chi connectivity index (χ1n) is 10.7. The van der Waals surface area contributed by atoms with Gasteiger partial charge >= 0.3 is 8.69 Å². The molecule has 0 aliphatic carbocycles. The zero-order valence-corrected chi connectivity index (χ0v) is 20.5. The molecule has 0 bridgehead atoms. The van der Waals surface area contributed by atoms with Gasteiger partial charge in [-0.3, -0.25) is 4.52 Å². The number of para-hydroxylation sites is 1. The van der Waals surface area contributed by atoms with Gasteiger partial charge in [0.2, 0.25) is 0 Å². The fraction of sp³-hybridized carbons (Fsp3) is 0.500. The Morgan fingerprint density at radius 1 is 1.03 bits per heavy atom. The second-order valence-electron chi connectivity index (χ2n) is 7.93. The monoisotopic (exact) mass is 467 g/mol. The van der Waals surface area contributed by atoms with E-state index in [0.717, 1.165) is 29.9 Å². The highest BCUT2D eigenvalue weighted by atomic mass is 31.2. The van der Waals surface area contributed by atoms with Crippen molar-refractivity contribution in [1.29, 1.82) is 0 Å². The maximum atomic E-state index is 13.6. The molecular formula is C24H35FNO5P. The van der Waals surface area contributed by atoms with Crippen LogP contribution in [0.15, 0.2) is 48.5 Å². The highest BCUT2D eigenvalue weighted by molar-refractivity contribution is 7.41. The summed E-state index contributed by atoms with van der Waals surface area (Å²) in [5.41, 5.74) is 2.32. The molecule has 0 saturated carbocycles. The molecule has 0 amide bonds. The number of aryl methyl sites for hydroxylation is 2. The topological polar surface area (TPSA) is 49.4 Å². The standard InChI is InChI=1S/C24H35FNO5P/c1-19(2)31-32(25)30-18-29-23(16-26(3)4)17-28-24-12-7-6-10-21(24)14-13-20-9-8-11-22(15-20)27-5/h6-12,15,19,23H,13-14,16-18H2,1-5H3/t23-,32-/m1/s1. The molecule has 8 heteroatoms. The zero-order chi connectivity index (χ0) is 23.3. The Balaban J connectivity index is 1.91. The average Bonchev–Trinajstić information content (AvgIpc) is 2.75. The molecule has 0 aliphatic heterocycles. The van der Waals surface area contributed by atoms with Crippen LogP contribution in [0.3, 0.4) is 0 Å². The van der Waals surface area contributed by atoms with Crippen LogP contribution in [0.25, 0.3) is 0 Å². The van der Waals surface area contributed by atoms with Crippen LogP contribution in [-0.4, -0.2) is 58.3 Å². The van der Waals surface area contributed by atoms with Gasteiger partial charge in [-0.25, -0.2) is 0 Å². The van der Waals surface area contributed by atoms with Crippen molar-refractivity contribution in [2.75, 3.05) is 41.1 Å².